The van der Waals surface area contributed by atoms with Gasteiger partial charge in [-0.05, 0) is 13.8 Å². The number of halogens is 2. The minimum absolute atomic E-state index is 0.368. The van der Waals surface area contributed by atoms with Gasteiger partial charge in [-0.25, -0.2) is 8.78 Å². The zero-order valence-corrected chi connectivity index (χ0v) is 11.0. The van der Waals surface area contributed by atoms with Crippen molar-refractivity contribution in [3.05, 3.63) is 29.8 Å². The van der Waals surface area contributed by atoms with Crippen molar-refractivity contribution in [2.75, 3.05) is 5.32 Å². The summed E-state index contributed by atoms with van der Waals surface area (Å²) in [6.07, 6.45) is 2.60. The number of nitrogens with zero attached hydrogens (tertiary/aromatic N) is 4. The number of hydrogen-bond donors (Lipinski definition) is 1. The Morgan fingerprint density at radius 3 is 2.74 bits per heavy atom. The van der Waals surface area contributed by atoms with Crippen LogP contribution in [-0.4, -0.2) is 26.0 Å². The highest BCUT2D eigenvalue weighted by molar-refractivity contribution is 5.46. The highest BCUT2D eigenvalue weighted by Gasteiger charge is 2.07. The largest absolute Gasteiger partial charge is 0.378 e. The van der Waals surface area contributed by atoms with Gasteiger partial charge in [-0.1, -0.05) is 0 Å². The van der Waals surface area contributed by atoms with E-state index in [9.17, 15) is 8.78 Å². The second kappa shape index (κ2) is 5.81. The van der Waals surface area contributed by atoms with Gasteiger partial charge in [0.25, 0.3) is 6.43 Å². The van der Waals surface area contributed by atoms with Crippen molar-refractivity contribution < 1.29 is 8.78 Å². The summed E-state index contributed by atoms with van der Waals surface area (Å²) in [5.74, 6) is 0. The summed E-state index contributed by atoms with van der Waals surface area (Å²) in [6.45, 7) is 5.00. The summed E-state index contributed by atoms with van der Waals surface area (Å²) in [6, 6.07) is 0. The first-order valence-corrected chi connectivity index (χ1v) is 6.16. The quantitative estimate of drug-likeness (QED) is 0.875. The fourth-order valence-corrected chi connectivity index (χ4v) is 1.88. The van der Waals surface area contributed by atoms with E-state index in [0.717, 1.165) is 23.5 Å². The van der Waals surface area contributed by atoms with Crippen LogP contribution in [0.1, 0.15) is 18.2 Å². The molecule has 0 amide bonds. The van der Waals surface area contributed by atoms with E-state index in [1.54, 1.807) is 18.6 Å². The van der Waals surface area contributed by atoms with Gasteiger partial charge in [0.2, 0.25) is 0 Å². The molecule has 2 aromatic rings. The van der Waals surface area contributed by atoms with Gasteiger partial charge in [0.15, 0.2) is 0 Å². The lowest BCUT2D eigenvalue weighted by Gasteiger charge is -2.04. The molecule has 5 nitrogen and oxygen atoms in total. The zero-order chi connectivity index (χ0) is 13.8. The molecule has 0 unspecified atom stereocenters. The van der Waals surface area contributed by atoms with Gasteiger partial charge in [0.1, 0.15) is 6.54 Å². The SMILES string of the molecule is CCn1ncc(NCc2cnn(CC(F)F)c2)c1C. The molecule has 104 valence electrons. The Hall–Kier alpha value is -1.92. The number of alkyl halides is 2. The number of hydrogen-bond acceptors (Lipinski definition) is 3. The molecule has 19 heavy (non-hydrogen) atoms. The van der Waals surface area contributed by atoms with Crippen LogP contribution in [0.15, 0.2) is 18.6 Å². The maximum absolute atomic E-state index is 12.2. The summed E-state index contributed by atoms with van der Waals surface area (Å²) in [4.78, 5) is 0. The summed E-state index contributed by atoms with van der Waals surface area (Å²) >= 11 is 0. The van der Waals surface area contributed by atoms with Crippen molar-refractivity contribution in [3.8, 4) is 0 Å². The topological polar surface area (TPSA) is 47.7 Å². The highest BCUT2D eigenvalue weighted by atomic mass is 19.3. The second-order valence-corrected chi connectivity index (χ2v) is 4.27. The average molecular weight is 269 g/mol. The molecule has 0 bridgehead atoms. The summed E-state index contributed by atoms with van der Waals surface area (Å²) in [5, 5.41) is 11.3. The minimum Gasteiger partial charge on any atom is -0.378 e. The predicted molar refractivity (Wildman–Crippen MR) is 68.2 cm³/mol. The molecule has 0 aromatic carbocycles. The lowest BCUT2D eigenvalue weighted by atomic mass is 10.3. The molecular formula is C12H17F2N5. The Morgan fingerprint density at radius 2 is 2.11 bits per heavy atom. The number of aromatic nitrogens is 4. The van der Waals surface area contributed by atoms with Crippen LogP contribution in [-0.2, 0) is 19.6 Å². The second-order valence-electron chi connectivity index (χ2n) is 4.27. The number of anilines is 1. The van der Waals surface area contributed by atoms with E-state index in [4.69, 9.17) is 0 Å². The van der Waals surface area contributed by atoms with Crippen LogP contribution in [0.5, 0.6) is 0 Å². The van der Waals surface area contributed by atoms with Crippen LogP contribution in [0.2, 0.25) is 0 Å². The van der Waals surface area contributed by atoms with E-state index in [1.165, 1.54) is 4.68 Å². The fraction of sp³-hybridized carbons (Fsp3) is 0.500. The lowest BCUT2D eigenvalue weighted by Crippen LogP contribution is -2.06. The Bertz CT molecular complexity index is 532. The molecule has 0 saturated heterocycles. The molecule has 7 heteroatoms. The van der Waals surface area contributed by atoms with Crippen molar-refractivity contribution in [1.29, 1.82) is 0 Å². The molecule has 0 fully saturated rings. The Morgan fingerprint density at radius 1 is 1.32 bits per heavy atom. The third-order valence-corrected chi connectivity index (χ3v) is 2.90. The van der Waals surface area contributed by atoms with Crippen molar-refractivity contribution >= 4 is 5.69 Å². The monoisotopic (exact) mass is 269 g/mol. The van der Waals surface area contributed by atoms with Gasteiger partial charge in [-0.3, -0.25) is 9.36 Å². The van der Waals surface area contributed by atoms with Crippen molar-refractivity contribution in [1.82, 2.24) is 19.6 Å². The molecule has 2 heterocycles. The summed E-state index contributed by atoms with van der Waals surface area (Å²) < 4.78 is 27.5. The molecule has 0 aliphatic carbocycles. The van der Waals surface area contributed by atoms with E-state index in [1.807, 2.05) is 18.5 Å². The van der Waals surface area contributed by atoms with Crippen LogP contribution >= 0.6 is 0 Å². The Labute approximate surface area is 110 Å². The van der Waals surface area contributed by atoms with E-state index < -0.39 is 6.43 Å². The summed E-state index contributed by atoms with van der Waals surface area (Å²) in [7, 11) is 0. The van der Waals surface area contributed by atoms with Gasteiger partial charge in [0.05, 0.1) is 23.8 Å². The maximum atomic E-state index is 12.2. The van der Waals surface area contributed by atoms with E-state index >= 15 is 0 Å². The number of nitrogens with one attached hydrogen (secondary N) is 1. The molecule has 0 saturated carbocycles. The molecule has 0 spiro atoms. The van der Waals surface area contributed by atoms with Crippen molar-refractivity contribution in [2.45, 2.75) is 39.9 Å². The standard InChI is InChI=1S/C12H17F2N5/c1-3-19-9(2)11(6-17-19)15-4-10-5-16-18(7-10)8-12(13)14/h5-7,12,15H,3-4,8H2,1-2H3. The number of rotatable bonds is 6. The van der Waals surface area contributed by atoms with Gasteiger partial charge in [-0.15, -0.1) is 0 Å². The predicted octanol–water partition coefficient (Wildman–Crippen LogP) is 2.29. The van der Waals surface area contributed by atoms with Crippen molar-refractivity contribution in [2.24, 2.45) is 0 Å². The molecule has 2 rings (SSSR count). The lowest BCUT2D eigenvalue weighted by molar-refractivity contribution is 0.122. The zero-order valence-electron chi connectivity index (χ0n) is 11.0. The summed E-state index contributed by atoms with van der Waals surface area (Å²) in [5.41, 5.74) is 2.87. The molecule has 0 aliphatic rings. The van der Waals surface area contributed by atoms with Crippen molar-refractivity contribution in [3.63, 3.8) is 0 Å². The molecule has 2 aromatic heterocycles. The van der Waals surface area contributed by atoms with E-state index in [0.29, 0.717) is 6.54 Å². The first-order valence-electron chi connectivity index (χ1n) is 6.16. The Kier molecular flexibility index (Phi) is 4.13. The van der Waals surface area contributed by atoms with Crippen LogP contribution in [0, 0.1) is 6.92 Å². The maximum Gasteiger partial charge on any atom is 0.257 e. The average Bonchev–Trinajstić information content (AvgIpc) is 2.93. The van der Waals surface area contributed by atoms with Crippen LogP contribution in [0.4, 0.5) is 14.5 Å². The highest BCUT2D eigenvalue weighted by Crippen LogP contribution is 2.14. The molecule has 0 atom stereocenters. The fourth-order valence-electron chi connectivity index (χ4n) is 1.88. The third-order valence-electron chi connectivity index (χ3n) is 2.90. The van der Waals surface area contributed by atoms with E-state index in [2.05, 4.69) is 15.5 Å². The van der Waals surface area contributed by atoms with Gasteiger partial charge < -0.3 is 5.32 Å². The molecule has 0 aliphatic heterocycles. The van der Waals surface area contributed by atoms with Crippen LogP contribution in [0.3, 0.4) is 0 Å². The molecule has 1 N–H and O–H groups in total. The molecule has 0 radical (unpaired) electrons. The first-order chi connectivity index (χ1) is 9.10. The first kappa shape index (κ1) is 13.5. The van der Waals surface area contributed by atoms with Crippen LogP contribution in [0.25, 0.3) is 0 Å². The van der Waals surface area contributed by atoms with Gasteiger partial charge in [0, 0.05) is 24.8 Å². The van der Waals surface area contributed by atoms with Gasteiger partial charge >= 0.3 is 0 Å². The third kappa shape index (κ3) is 3.30. The molecular weight excluding hydrogens is 252 g/mol. The van der Waals surface area contributed by atoms with E-state index in [-0.39, 0.29) is 6.54 Å². The smallest absolute Gasteiger partial charge is 0.257 e. The normalized spacial score (nSPS) is 11.2. The van der Waals surface area contributed by atoms with Gasteiger partial charge in [-0.2, -0.15) is 10.2 Å². The Balaban J connectivity index is 1.94. The van der Waals surface area contributed by atoms with Crippen LogP contribution < -0.4 is 5.32 Å². The minimum atomic E-state index is -2.38. The number of aryl methyl sites for hydroxylation is 1.